The van der Waals surface area contributed by atoms with Crippen molar-refractivity contribution in [1.82, 2.24) is 0 Å². The molecule has 4 heteroatoms. The molecule has 0 saturated heterocycles. The van der Waals surface area contributed by atoms with Gasteiger partial charge in [-0.25, -0.2) is 4.39 Å². The second-order valence-corrected chi connectivity index (χ2v) is 3.99. The number of fused-ring (bicyclic) bond motifs is 1. The number of anilines is 1. The summed E-state index contributed by atoms with van der Waals surface area (Å²) in [5.74, 6) is 0.472. The zero-order valence-corrected chi connectivity index (χ0v) is 9.14. The molecule has 2 rings (SSSR count). The van der Waals surface area contributed by atoms with Gasteiger partial charge in [-0.15, -0.1) is 0 Å². The van der Waals surface area contributed by atoms with E-state index in [4.69, 9.17) is 0 Å². The van der Waals surface area contributed by atoms with E-state index in [1.54, 1.807) is 11.0 Å². The summed E-state index contributed by atoms with van der Waals surface area (Å²) in [4.78, 5) is 13.3. The zero-order chi connectivity index (χ0) is 10.8. The van der Waals surface area contributed by atoms with E-state index in [9.17, 15) is 9.18 Å². The van der Waals surface area contributed by atoms with E-state index in [-0.39, 0.29) is 11.7 Å². The molecule has 80 valence electrons. The number of amides is 1. The van der Waals surface area contributed by atoms with E-state index in [0.29, 0.717) is 25.1 Å². The van der Waals surface area contributed by atoms with Crippen LogP contribution < -0.4 is 4.90 Å². The number of rotatable bonds is 2. The highest BCUT2D eigenvalue weighted by Gasteiger charge is 2.23. The van der Waals surface area contributed by atoms with Crippen LogP contribution >= 0.6 is 12.6 Å². The van der Waals surface area contributed by atoms with E-state index < -0.39 is 0 Å². The third-order valence-corrected chi connectivity index (χ3v) is 2.77. The third-order valence-electron chi connectivity index (χ3n) is 2.57. The summed E-state index contributed by atoms with van der Waals surface area (Å²) in [6, 6.07) is 4.57. The predicted octanol–water partition coefficient (Wildman–Crippen LogP) is 2.03. The Morgan fingerprint density at radius 2 is 2.20 bits per heavy atom. The highest BCUT2D eigenvalue weighted by atomic mass is 32.1. The Balaban J connectivity index is 2.39. The molecule has 0 N–H and O–H groups in total. The zero-order valence-electron chi connectivity index (χ0n) is 8.24. The van der Waals surface area contributed by atoms with Crippen molar-refractivity contribution in [1.29, 1.82) is 0 Å². The average molecular weight is 225 g/mol. The van der Waals surface area contributed by atoms with Crippen LogP contribution in [0.1, 0.15) is 12.0 Å². The normalized spacial score (nSPS) is 15.3. The topological polar surface area (TPSA) is 20.3 Å². The van der Waals surface area contributed by atoms with Gasteiger partial charge in [0.15, 0.2) is 0 Å². The van der Waals surface area contributed by atoms with Crippen LogP contribution in [-0.2, 0) is 11.2 Å². The molecule has 0 bridgehead atoms. The van der Waals surface area contributed by atoms with E-state index in [1.165, 1.54) is 12.1 Å². The molecule has 0 atom stereocenters. The maximum atomic E-state index is 13.0. The van der Waals surface area contributed by atoms with Gasteiger partial charge in [0.1, 0.15) is 5.82 Å². The monoisotopic (exact) mass is 225 g/mol. The molecule has 0 saturated carbocycles. The lowest BCUT2D eigenvalue weighted by molar-refractivity contribution is -0.118. The van der Waals surface area contributed by atoms with Crippen molar-refractivity contribution in [2.45, 2.75) is 12.8 Å². The summed E-state index contributed by atoms with van der Waals surface area (Å²) in [7, 11) is 0. The number of nitrogens with zero attached hydrogens (tertiary/aromatic N) is 1. The molecule has 0 fully saturated rings. The first-order valence-electron chi connectivity index (χ1n) is 4.92. The average Bonchev–Trinajstić information content (AvgIpc) is 2.22. The number of hydrogen-bond acceptors (Lipinski definition) is 2. The molecule has 1 amide bonds. The molecule has 1 heterocycles. The largest absolute Gasteiger partial charge is 0.311 e. The minimum Gasteiger partial charge on any atom is -0.311 e. The van der Waals surface area contributed by atoms with Crippen molar-refractivity contribution in [3.63, 3.8) is 0 Å². The number of thiol groups is 1. The second kappa shape index (κ2) is 4.23. The van der Waals surface area contributed by atoms with E-state index in [1.807, 2.05) is 0 Å². The number of aryl methyl sites for hydroxylation is 1. The lowest BCUT2D eigenvalue weighted by atomic mass is 10.0. The maximum Gasteiger partial charge on any atom is 0.227 e. The summed E-state index contributed by atoms with van der Waals surface area (Å²) in [5, 5.41) is 0. The Kier molecular flexibility index (Phi) is 2.95. The molecule has 2 nitrogen and oxygen atoms in total. The highest BCUT2D eigenvalue weighted by molar-refractivity contribution is 7.80. The Labute approximate surface area is 93.5 Å². The molecule has 0 aliphatic carbocycles. The highest BCUT2D eigenvalue weighted by Crippen LogP contribution is 2.28. The van der Waals surface area contributed by atoms with Crippen LogP contribution in [0, 0.1) is 5.82 Å². The molecule has 1 aliphatic rings. The molecule has 0 aromatic heterocycles. The smallest absolute Gasteiger partial charge is 0.227 e. The molecule has 15 heavy (non-hydrogen) atoms. The fraction of sp³-hybridized carbons (Fsp3) is 0.364. The van der Waals surface area contributed by atoms with Crippen molar-refractivity contribution >= 4 is 24.2 Å². The first-order valence-corrected chi connectivity index (χ1v) is 5.55. The van der Waals surface area contributed by atoms with Gasteiger partial charge in [0.25, 0.3) is 0 Å². The molecular weight excluding hydrogens is 213 g/mol. The fourth-order valence-electron chi connectivity index (χ4n) is 1.87. The van der Waals surface area contributed by atoms with Crippen molar-refractivity contribution in [3.8, 4) is 0 Å². The van der Waals surface area contributed by atoms with Crippen LogP contribution in [0.4, 0.5) is 10.1 Å². The third kappa shape index (κ3) is 2.00. The Morgan fingerprint density at radius 3 is 2.93 bits per heavy atom. The van der Waals surface area contributed by atoms with Gasteiger partial charge in [-0.3, -0.25) is 4.79 Å². The van der Waals surface area contributed by atoms with Crippen LogP contribution in [-0.4, -0.2) is 18.2 Å². The molecule has 1 aliphatic heterocycles. The summed E-state index contributed by atoms with van der Waals surface area (Å²) < 4.78 is 13.0. The number of halogens is 1. The van der Waals surface area contributed by atoms with Crippen LogP contribution in [0.25, 0.3) is 0 Å². The maximum absolute atomic E-state index is 13.0. The van der Waals surface area contributed by atoms with Gasteiger partial charge in [0.2, 0.25) is 5.91 Å². The van der Waals surface area contributed by atoms with Crippen molar-refractivity contribution < 1.29 is 9.18 Å². The Bertz CT molecular complexity index is 394. The summed E-state index contributed by atoms with van der Waals surface area (Å²) >= 11 is 4.12. The van der Waals surface area contributed by atoms with Gasteiger partial charge in [-0.1, -0.05) is 0 Å². The predicted molar refractivity (Wildman–Crippen MR) is 60.9 cm³/mol. The second-order valence-electron chi connectivity index (χ2n) is 3.54. The number of carbonyl (C=O) groups excluding carboxylic acids is 1. The van der Waals surface area contributed by atoms with E-state index in [0.717, 1.165) is 11.3 Å². The number of benzene rings is 1. The van der Waals surface area contributed by atoms with Gasteiger partial charge in [0, 0.05) is 24.4 Å². The van der Waals surface area contributed by atoms with Crippen molar-refractivity contribution in [2.24, 2.45) is 0 Å². The standard InChI is InChI=1S/C11H12FNOS/c12-9-2-3-10-8(7-9)1-4-11(14)13(10)5-6-15/h2-3,7,15H,1,4-6H2. The summed E-state index contributed by atoms with van der Waals surface area (Å²) in [5.41, 5.74) is 1.75. The van der Waals surface area contributed by atoms with Crippen molar-refractivity contribution in [2.75, 3.05) is 17.2 Å². The quantitative estimate of drug-likeness (QED) is 0.764. The van der Waals surface area contributed by atoms with E-state index in [2.05, 4.69) is 12.6 Å². The summed E-state index contributed by atoms with van der Waals surface area (Å²) in [6.07, 6.45) is 1.10. The molecular formula is C11H12FNOS. The number of hydrogen-bond donors (Lipinski definition) is 1. The minimum atomic E-state index is -0.242. The van der Waals surface area contributed by atoms with E-state index >= 15 is 0 Å². The lowest BCUT2D eigenvalue weighted by Gasteiger charge is -2.28. The SMILES string of the molecule is O=C1CCc2cc(F)ccc2N1CCS. The van der Waals surface area contributed by atoms with Gasteiger partial charge in [-0.05, 0) is 30.2 Å². The van der Waals surface area contributed by atoms with Gasteiger partial charge in [0.05, 0.1) is 0 Å². The molecule has 1 aromatic carbocycles. The minimum absolute atomic E-state index is 0.100. The molecule has 0 unspecified atom stereocenters. The summed E-state index contributed by atoms with van der Waals surface area (Å²) in [6.45, 7) is 0.584. The number of carbonyl (C=O) groups is 1. The Hall–Kier alpha value is -1.03. The van der Waals surface area contributed by atoms with Crippen LogP contribution in [0.5, 0.6) is 0 Å². The first-order chi connectivity index (χ1) is 7.22. The van der Waals surface area contributed by atoms with Gasteiger partial charge >= 0.3 is 0 Å². The fourth-order valence-corrected chi connectivity index (χ4v) is 2.07. The molecule has 0 spiro atoms. The van der Waals surface area contributed by atoms with Crippen LogP contribution in [0.2, 0.25) is 0 Å². The van der Waals surface area contributed by atoms with Gasteiger partial charge < -0.3 is 4.90 Å². The van der Waals surface area contributed by atoms with Crippen LogP contribution in [0.15, 0.2) is 18.2 Å². The Morgan fingerprint density at radius 1 is 1.40 bits per heavy atom. The van der Waals surface area contributed by atoms with Crippen LogP contribution in [0.3, 0.4) is 0 Å². The molecule has 1 aromatic rings. The first kappa shape index (κ1) is 10.5. The van der Waals surface area contributed by atoms with Crippen molar-refractivity contribution in [3.05, 3.63) is 29.6 Å². The lowest BCUT2D eigenvalue weighted by Crippen LogP contribution is -2.36. The van der Waals surface area contributed by atoms with Gasteiger partial charge in [-0.2, -0.15) is 12.6 Å². The molecule has 0 radical (unpaired) electrons.